The minimum Gasteiger partial charge on any atom is -0.474 e. The highest BCUT2D eigenvalue weighted by Gasteiger charge is 2.55. The van der Waals surface area contributed by atoms with Crippen LogP contribution >= 0.6 is 0 Å². The average Bonchev–Trinajstić information content (AvgIpc) is 3.51. The van der Waals surface area contributed by atoms with Crippen molar-refractivity contribution >= 4 is 27.6 Å². The number of amides is 1. The molecule has 4 heterocycles. The number of carbonyl (C=O) groups is 1. The molecule has 11 heteroatoms. The first kappa shape index (κ1) is 25.7. The number of ether oxygens (including phenoxy) is 1. The van der Waals surface area contributed by atoms with Crippen molar-refractivity contribution in [1.82, 2.24) is 14.7 Å². The predicted molar refractivity (Wildman–Crippen MR) is 139 cm³/mol. The van der Waals surface area contributed by atoms with Crippen LogP contribution in [0.2, 0.25) is 0 Å². The standard InChI is InChI=1S/C26H35N5O5S/c1-18-7-8-20(23(27-18)30-15-12-25(2,3)13-16-30)36-26(10-11-26)24(33)29-37(34,35)22-6-4-5-21(28-22)31-14-9-19(32)17-31/h4-8,19,32H,9-17H2,1-3H3,(H,29,33)/t19-/m0/s1. The summed E-state index contributed by atoms with van der Waals surface area (Å²) in [4.78, 5) is 26.2. The Morgan fingerprint density at radius 3 is 2.43 bits per heavy atom. The fourth-order valence-electron chi connectivity index (χ4n) is 4.81. The zero-order chi connectivity index (χ0) is 26.4. The number of aliphatic hydroxyl groups is 1. The van der Waals surface area contributed by atoms with Gasteiger partial charge in [0.2, 0.25) is 0 Å². The van der Waals surface area contributed by atoms with E-state index in [-0.39, 0.29) is 10.4 Å². The number of aliphatic hydroxyl groups excluding tert-OH is 1. The van der Waals surface area contributed by atoms with Gasteiger partial charge in [-0.25, -0.2) is 14.7 Å². The summed E-state index contributed by atoms with van der Waals surface area (Å²) < 4.78 is 34.6. The van der Waals surface area contributed by atoms with Gasteiger partial charge < -0.3 is 19.6 Å². The fraction of sp³-hybridized carbons (Fsp3) is 0.577. The van der Waals surface area contributed by atoms with Crippen LogP contribution in [0.1, 0.15) is 51.6 Å². The number of hydrogen-bond donors (Lipinski definition) is 2. The molecule has 200 valence electrons. The van der Waals surface area contributed by atoms with Gasteiger partial charge >= 0.3 is 0 Å². The lowest BCUT2D eigenvalue weighted by molar-refractivity contribution is -0.127. The van der Waals surface area contributed by atoms with E-state index in [0.717, 1.165) is 31.6 Å². The van der Waals surface area contributed by atoms with Gasteiger partial charge in [-0.1, -0.05) is 19.9 Å². The molecule has 3 fully saturated rings. The van der Waals surface area contributed by atoms with Crippen molar-refractivity contribution in [3.63, 3.8) is 0 Å². The van der Waals surface area contributed by atoms with Crippen molar-refractivity contribution in [2.45, 2.75) is 69.6 Å². The van der Waals surface area contributed by atoms with E-state index in [1.54, 1.807) is 12.1 Å². The SMILES string of the molecule is Cc1ccc(OC2(C(=O)NS(=O)(=O)c3cccc(N4CC[C@H](O)C4)n3)CC2)c(N2CCC(C)(C)CC2)n1. The molecular weight excluding hydrogens is 494 g/mol. The number of carbonyl (C=O) groups excluding carboxylic acids is 1. The Labute approximate surface area is 218 Å². The van der Waals surface area contributed by atoms with Crippen LogP contribution in [-0.4, -0.2) is 67.3 Å². The van der Waals surface area contributed by atoms with Crippen molar-refractivity contribution < 1.29 is 23.1 Å². The summed E-state index contributed by atoms with van der Waals surface area (Å²) >= 11 is 0. The van der Waals surface area contributed by atoms with Gasteiger partial charge in [0.1, 0.15) is 5.82 Å². The molecular formula is C26H35N5O5S. The average molecular weight is 530 g/mol. The first-order chi connectivity index (χ1) is 17.5. The number of hydrogen-bond acceptors (Lipinski definition) is 9. The van der Waals surface area contributed by atoms with Gasteiger partial charge in [0.15, 0.2) is 22.2 Å². The van der Waals surface area contributed by atoms with Crippen molar-refractivity contribution in [3.05, 3.63) is 36.0 Å². The summed E-state index contributed by atoms with van der Waals surface area (Å²) in [6.45, 7) is 9.08. The molecule has 1 aliphatic carbocycles. The normalized spacial score (nSPS) is 22.5. The number of piperidine rings is 1. The summed E-state index contributed by atoms with van der Waals surface area (Å²) in [5.74, 6) is 0.926. The van der Waals surface area contributed by atoms with E-state index in [0.29, 0.717) is 49.7 Å². The maximum absolute atomic E-state index is 13.2. The zero-order valence-electron chi connectivity index (χ0n) is 21.6. The molecule has 2 aromatic heterocycles. The van der Waals surface area contributed by atoms with Gasteiger partial charge in [-0.05, 0) is 55.9 Å². The zero-order valence-corrected chi connectivity index (χ0v) is 22.4. The number of nitrogens with zero attached hydrogens (tertiary/aromatic N) is 4. The topological polar surface area (TPSA) is 125 Å². The summed E-state index contributed by atoms with van der Waals surface area (Å²) in [6, 6.07) is 8.28. The van der Waals surface area contributed by atoms with Crippen molar-refractivity contribution in [2.24, 2.45) is 5.41 Å². The quantitative estimate of drug-likeness (QED) is 0.556. The lowest BCUT2D eigenvalue weighted by atomic mass is 9.83. The van der Waals surface area contributed by atoms with Crippen LogP contribution in [0.3, 0.4) is 0 Å². The smallest absolute Gasteiger partial charge is 0.281 e. The van der Waals surface area contributed by atoms with E-state index in [9.17, 15) is 18.3 Å². The van der Waals surface area contributed by atoms with Crippen LogP contribution in [0.4, 0.5) is 11.6 Å². The molecule has 0 unspecified atom stereocenters. The number of pyridine rings is 2. The minimum atomic E-state index is -4.22. The van der Waals surface area contributed by atoms with Gasteiger partial charge in [0.25, 0.3) is 15.9 Å². The van der Waals surface area contributed by atoms with Gasteiger partial charge in [0, 0.05) is 44.7 Å². The summed E-state index contributed by atoms with van der Waals surface area (Å²) in [6.07, 6.45) is 3.00. The van der Waals surface area contributed by atoms with E-state index in [1.165, 1.54) is 6.07 Å². The second-order valence-corrected chi connectivity index (χ2v) is 12.8. The van der Waals surface area contributed by atoms with E-state index in [1.807, 2.05) is 24.0 Å². The molecule has 0 radical (unpaired) electrons. The fourth-order valence-corrected chi connectivity index (χ4v) is 5.81. The maximum atomic E-state index is 13.2. The van der Waals surface area contributed by atoms with Gasteiger partial charge in [0.05, 0.1) is 6.10 Å². The number of nitrogens with one attached hydrogen (secondary N) is 1. The molecule has 2 aromatic rings. The molecule has 2 saturated heterocycles. The highest BCUT2D eigenvalue weighted by molar-refractivity contribution is 7.90. The van der Waals surface area contributed by atoms with Crippen LogP contribution in [0.25, 0.3) is 0 Å². The molecule has 1 amide bonds. The summed E-state index contributed by atoms with van der Waals surface area (Å²) in [5, 5.41) is 9.56. The van der Waals surface area contributed by atoms with Crippen molar-refractivity contribution in [2.75, 3.05) is 36.0 Å². The lowest BCUT2D eigenvalue weighted by Gasteiger charge is -2.38. The number of rotatable bonds is 7. The number of sulfonamides is 1. The Kier molecular flexibility index (Phi) is 6.56. The van der Waals surface area contributed by atoms with Crippen LogP contribution in [0, 0.1) is 12.3 Å². The van der Waals surface area contributed by atoms with Crippen LogP contribution in [0.15, 0.2) is 35.4 Å². The molecule has 5 rings (SSSR count). The van der Waals surface area contributed by atoms with E-state index >= 15 is 0 Å². The van der Waals surface area contributed by atoms with Crippen LogP contribution in [-0.2, 0) is 14.8 Å². The first-order valence-electron chi connectivity index (χ1n) is 12.9. The first-order valence-corrected chi connectivity index (χ1v) is 14.3. The van der Waals surface area contributed by atoms with Crippen molar-refractivity contribution in [1.29, 1.82) is 0 Å². The number of anilines is 2. The van der Waals surface area contributed by atoms with Gasteiger partial charge in [-0.3, -0.25) is 4.79 Å². The molecule has 1 saturated carbocycles. The molecule has 0 aromatic carbocycles. The van der Waals surface area contributed by atoms with Gasteiger partial charge in [-0.15, -0.1) is 0 Å². The Balaban J connectivity index is 1.32. The Morgan fingerprint density at radius 1 is 1.05 bits per heavy atom. The molecule has 2 aliphatic heterocycles. The largest absolute Gasteiger partial charge is 0.474 e. The molecule has 3 aliphatic rings. The lowest BCUT2D eigenvalue weighted by Crippen LogP contribution is -2.44. The molecule has 1 atom stereocenters. The van der Waals surface area contributed by atoms with Gasteiger partial charge in [-0.2, -0.15) is 8.42 Å². The third-order valence-electron chi connectivity index (χ3n) is 7.52. The third-order valence-corrected chi connectivity index (χ3v) is 8.75. The molecule has 0 bridgehead atoms. The highest BCUT2D eigenvalue weighted by atomic mass is 32.2. The van der Waals surface area contributed by atoms with E-state index in [2.05, 4.69) is 28.5 Å². The van der Waals surface area contributed by atoms with Crippen LogP contribution < -0.4 is 19.3 Å². The summed E-state index contributed by atoms with van der Waals surface area (Å²) in [7, 11) is -4.22. The number of aryl methyl sites for hydroxylation is 1. The monoisotopic (exact) mass is 529 g/mol. The van der Waals surface area contributed by atoms with Crippen LogP contribution in [0.5, 0.6) is 5.75 Å². The highest BCUT2D eigenvalue weighted by Crippen LogP contribution is 2.44. The Morgan fingerprint density at radius 2 is 1.78 bits per heavy atom. The molecule has 10 nitrogen and oxygen atoms in total. The maximum Gasteiger partial charge on any atom is 0.281 e. The molecule has 37 heavy (non-hydrogen) atoms. The molecule has 0 spiro atoms. The Bertz CT molecular complexity index is 1280. The van der Waals surface area contributed by atoms with E-state index in [4.69, 9.17) is 9.72 Å². The van der Waals surface area contributed by atoms with Crippen molar-refractivity contribution in [3.8, 4) is 5.75 Å². The molecule has 2 N–H and O–H groups in total. The van der Waals surface area contributed by atoms with E-state index < -0.39 is 27.6 Å². The number of aromatic nitrogens is 2. The second kappa shape index (κ2) is 9.43. The predicted octanol–water partition coefficient (Wildman–Crippen LogP) is 2.40. The summed E-state index contributed by atoms with van der Waals surface area (Å²) in [5.41, 5.74) is -0.141. The minimum absolute atomic E-state index is 0.246. The Hall–Kier alpha value is -2.92. The third kappa shape index (κ3) is 5.52. The second-order valence-electron chi connectivity index (χ2n) is 11.2. The number of β-amino-alcohol motifs (C(OH)–C–C–N with tert-alkyl or cyclic N) is 1.